The van der Waals surface area contributed by atoms with E-state index in [0.29, 0.717) is 12.4 Å². The van der Waals surface area contributed by atoms with Crippen molar-refractivity contribution in [2.45, 2.75) is 6.61 Å². The van der Waals surface area contributed by atoms with Gasteiger partial charge in [0, 0.05) is 25.1 Å². The fourth-order valence-electron chi connectivity index (χ4n) is 2.19. The molecule has 0 aliphatic rings. The first-order valence-corrected chi connectivity index (χ1v) is 7.21. The molecule has 2 aromatic heterocycles. The molecule has 0 amide bonds. The molecule has 20 heavy (non-hydrogen) atoms. The van der Waals surface area contributed by atoms with Gasteiger partial charge in [0.2, 0.25) is 0 Å². The summed E-state index contributed by atoms with van der Waals surface area (Å²) in [7, 11) is 3.53. The van der Waals surface area contributed by atoms with Crippen molar-refractivity contribution in [3.8, 4) is 11.1 Å². The van der Waals surface area contributed by atoms with Crippen molar-refractivity contribution in [1.29, 1.82) is 0 Å². The number of nitrogens with one attached hydrogen (secondary N) is 1. The summed E-state index contributed by atoms with van der Waals surface area (Å²) in [6, 6.07) is 10.3. The Morgan fingerprint density at radius 2 is 2.00 bits per heavy atom. The average molecular weight is 285 g/mol. The highest BCUT2D eigenvalue weighted by Crippen LogP contribution is 2.36. The van der Waals surface area contributed by atoms with Crippen molar-refractivity contribution in [3.63, 3.8) is 0 Å². The Labute approximate surface area is 121 Å². The summed E-state index contributed by atoms with van der Waals surface area (Å²) < 4.78 is 5.12. The summed E-state index contributed by atoms with van der Waals surface area (Å²) >= 11 is 1.63. The molecule has 1 N–H and O–H groups in total. The van der Waals surface area contributed by atoms with Crippen LogP contribution in [0.25, 0.3) is 21.3 Å². The van der Waals surface area contributed by atoms with E-state index in [1.54, 1.807) is 18.4 Å². The minimum absolute atomic E-state index is 0.420. The first kappa shape index (κ1) is 13.0. The van der Waals surface area contributed by atoms with Gasteiger partial charge in [-0.15, -0.1) is 11.3 Å². The molecule has 1 aromatic carbocycles. The number of fused-ring (bicyclic) bond motifs is 1. The average Bonchev–Trinajstić information content (AvgIpc) is 2.91. The van der Waals surface area contributed by atoms with E-state index in [-0.39, 0.29) is 0 Å². The predicted molar refractivity (Wildman–Crippen MR) is 83.1 cm³/mol. The topological polar surface area (TPSA) is 47.0 Å². The molecule has 3 rings (SSSR count). The maximum absolute atomic E-state index is 5.12. The second-order valence-corrected chi connectivity index (χ2v) is 5.23. The van der Waals surface area contributed by atoms with Crippen molar-refractivity contribution < 1.29 is 4.74 Å². The minimum atomic E-state index is 0.420. The fraction of sp³-hybridized carbons (Fsp3) is 0.200. The Balaban J connectivity index is 2.21. The number of hydrogen-bond acceptors (Lipinski definition) is 5. The normalized spacial score (nSPS) is 10.9. The van der Waals surface area contributed by atoms with Gasteiger partial charge in [0.1, 0.15) is 17.3 Å². The number of thiophene rings is 1. The quantitative estimate of drug-likeness (QED) is 0.796. The highest BCUT2D eigenvalue weighted by atomic mass is 32.1. The van der Waals surface area contributed by atoms with Crippen LogP contribution in [0.1, 0.15) is 5.82 Å². The van der Waals surface area contributed by atoms with Gasteiger partial charge in [0.15, 0.2) is 5.82 Å². The summed E-state index contributed by atoms with van der Waals surface area (Å²) in [5.41, 5.74) is 2.34. The van der Waals surface area contributed by atoms with Crippen molar-refractivity contribution >= 4 is 27.4 Å². The van der Waals surface area contributed by atoms with Gasteiger partial charge in [0.05, 0.1) is 5.39 Å². The number of benzene rings is 1. The van der Waals surface area contributed by atoms with E-state index in [2.05, 4.69) is 32.8 Å². The monoisotopic (exact) mass is 285 g/mol. The van der Waals surface area contributed by atoms with Gasteiger partial charge in [-0.2, -0.15) is 0 Å². The predicted octanol–water partition coefficient (Wildman–Crippen LogP) is 3.55. The SMILES string of the molecule is CNc1nc(COC)nc2scc(-c3ccccc3)c12. The number of methoxy groups -OCH3 is 1. The number of anilines is 1. The molecule has 0 saturated carbocycles. The lowest BCUT2D eigenvalue weighted by Crippen LogP contribution is -2.01. The Hall–Kier alpha value is -1.98. The van der Waals surface area contributed by atoms with Crippen molar-refractivity contribution in [3.05, 3.63) is 41.5 Å². The molecule has 4 nitrogen and oxygen atoms in total. The molecule has 0 aliphatic heterocycles. The number of aromatic nitrogens is 2. The van der Waals surface area contributed by atoms with Gasteiger partial charge in [-0.25, -0.2) is 9.97 Å². The van der Waals surface area contributed by atoms with Crippen LogP contribution < -0.4 is 5.32 Å². The molecule has 0 aliphatic carbocycles. The van der Waals surface area contributed by atoms with Crippen molar-refractivity contribution in [1.82, 2.24) is 9.97 Å². The lowest BCUT2D eigenvalue weighted by atomic mass is 10.1. The summed E-state index contributed by atoms with van der Waals surface area (Å²) in [5.74, 6) is 1.55. The molecule has 0 saturated heterocycles. The Morgan fingerprint density at radius 1 is 1.20 bits per heavy atom. The fourth-order valence-corrected chi connectivity index (χ4v) is 3.16. The molecular weight excluding hydrogens is 270 g/mol. The van der Waals surface area contributed by atoms with Gasteiger partial charge >= 0.3 is 0 Å². The first-order valence-electron chi connectivity index (χ1n) is 6.33. The standard InChI is InChI=1S/C15H15N3OS/c1-16-14-13-11(10-6-4-3-5-7-10)9-20-15(13)18-12(17-14)8-19-2/h3-7,9H,8H2,1-2H3,(H,16,17,18). The van der Waals surface area contributed by atoms with E-state index in [1.807, 2.05) is 25.2 Å². The largest absolute Gasteiger partial charge is 0.377 e. The molecule has 2 heterocycles. The summed E-state index contributed by atoms with van der Waals surface area (Å²) in [6.45, 7) is 0.420. The van der Waals surface area contributed by atoms with Crippen LogP contribution >= 0.6 is 11.3 Å². The maximum atomic E-state index is 5.12. The van der Waals surface area contributed by atoms with E-state index < -0.39 is 0 Å². The van der Waals surface area contributed by atoms with Gasteiger partial charge in [-0.05, 0) is 5.56 Å². The molecular formula is C15H15N3OS. The third-order valence-corrected chi connectivity index (χ3v) is 3.95. The molecule has 3 aromatic rings. The van der Waals surface area contributed by atoms with Gasteiger partial charge in [-0.1, -0.05) is 30.3 Å². The van der Waals surface area contributed by atoms with E-state index in [9.17, 15) is 0 Å². The summed E-state index contributed by atoms with van der Waals surface area (Å²) in [5, 5.41) is 6.37. The molecule has 0 fully saturated rings. The van der Waals surface area contributed by atoms with Crippen LogP contribution in [0.5, 0.6) is 0 Å². The third kappa shape index (κ3) is 2.26. The summed E-state index contributed by atoms with van der Waals surface area (Å²) in [4.78, 5) is 10.1. The van der Waals surface area contributed by atoms with Crippen LogP contribution in [0.4, 0.5) is 5.82 Å². The van der Waals surface area contributed by atoms with Gasteiger partial charge in [0.25, 0.3) is 0 Å². The molecule has 0 spiro atoms. The van der Waals surface area contributed by atoms with E-state index in [4.69, 9.17) is 4.74 Å². The molecule has 0 radical (unpaired) electrons. The smallest absolute Gasteiger partial charge is 0.158 e. The van der Waals surface area contributed by atoms with Gasteiger partial charge < -0.3 is 10.1 Å². The maximum Gasteiger partial charge on any atom is 0.158 e. The Kier molecular flexibility index (Phi) is 3.62. The van der Waals surface area contributed by atoms with Crippen LogP contribution in [0, 0.1) is 0 Å². The van der Waals surface area contributed by atoms with Crippen LogP contribution in [-0.2, 0) is 11.3 Å². The molecule has 0 unspecified atom stereocenters. The number of ether oxygens (including phenoxy) is 1. The number of hydrogen-bond donors (Lipinski definition) is 1. The summed E-state index contributed by atoms with van der Waals surface area (Å²) in [6.07, 6.45) is 0. The third-order valence-electron chi connectivity index (χ3n) is 3.07. The van der Waals surface area contributed by atoms with Gasteiger partial charge in [-0.3, -0.25) is 0 Å². The van der Waals surface area contributed by atoms with Crippen LogP contribution in [0.2, 0.25) is 0 Å². The zero-order valence-corrected chi connectivity index (χ0v) is 12.2. The number of rotatable bonds is 4. The number of nitrogens with zero attached hydrogens (tertiary/aromatic N) is 2. The Morgan fingerprint density at radius 3 is 2.70 bits per heavy atom. The van der Waals surface area contributed by atoms with E-state index in [0.717, 1.165) is 16.0 Å². The first-order chi connectivity index (χ1) is 9.83. The molecule has 0 bridgehead atoms. The second kappa shape index (κ2) is 5.56. The van der Waals surface area contributed by atoms with Crippen LogP contribution in [-0.4, -0.2) is 24.1 Å². The Bertz CT molecular complexity index is 725. The highest BCUT2D eigenvalue weighted by molar-refractivity contribution is 7.17. The minimum Gasteiger partial charge on any atom is -0.377 e. The van der Waals surface area contributed by atoms with Crippen LogP contribution in [0.3, 0.4) is 0 Å². The zero-order chi connectivity index (χ0) is 13.9. The molecule has 5 heteroatoms. The van der Waals surface area contributed by atoms with E-state index >= 15 is 0 Å². The van der Waals surface area contributed by atoms with E-state index in [1.165, 1.54) is 11.1 Å². The lowest BCUT2D eigenvalue weighted by Gasteiger charge is -2.07. The second-order valence-electron chi connectivity index (χ2n) is 4.37. The van der Waals surface area contributed by atoms with Crippen molar-refractivity contribution in [2.75, 3.05) is 19.5 Å². The molecule has 102 valence electrons. The molecule has 0 atom stereocenters. The lowest BCUT2D eigenvalue weighted by molar-refractivity contribution is 0.178. The highest BCUT2D eigenvalue weighted by Gasteiger charge is 2.14. The van der Waals surface area contributed by atoms with Crippen LogP contribution in [0.15, 0.2) is 35.7 Å². The zero-order valence-electron chi connectivity index (χ0n) is 11.4. The van der Waals surface area contributed by atoms with Crippen molar-refractivity contribution in [2.24, 2.45) is 0 Å².